The highest BCUT2D eigenvalue weighted by atomic mass is 35.5. The van der Waals surface area contributed by atoms with Crippen molar-refractivity contribution in [1.29, 1.82) is 0 Å². The Morgan fingerprint density at radius 2 is 1.76 bits per heavy atom. The number of rotatable bonds is 4. The van der Waals surface area contributed by atoms with Gasteiger partial charge in [-0.2, -0.15) is 0 Å². The SMILES string of the molecule is Cc1ccc(-c2ccc(NC(=O)NCC3CNCCO3)cc2)cc1.Cl. The normalized spacial score (nSPS) is 16.6. The van der Waals surface area contributed by atoms with Gasteiger partial charge in [0.2, 0.25) is 0 Å². The van der Waals surface area contributed by atoms with Crippen molar-refractivity contribution in [3.63, 3.8) is 0 Å². The molecule has 5 nitrogen and oxygen atoms in total. The molecule has 0 aromatic heterocycles. The number of urea groups is 1. The molecular formula is C19H24ClN3O2. The number of benzene rings is 2. The fourth-order valence-corrected chi connectivity index (χ4v) is 2.62. The summed E-state index contributed by atoms with van der Waals surface area (Å²) in [7, 11) is 0. The summed E-state index contributed by atoms with van der Waals surface area (Å²) in [5.74, 6) is 0. The molecular weight excluding hydrogens is 338 g/mol. The van der Waals surface area contributed by atoms with Crippen LogP contribution >= 0.6 is 12.4 Å². The van der Waals surface area contributed by atoms with Crippen LogP contribution < -0.4 is 16.0 Å². The second-order valence-electron chi connectivity index (χ2n) is 5.98. The topological polar surface area (TPSA) is 62.4 Å². The van der Waals surface area contributed by atoms with Gasteiger partial charge >= 0.3 is 6.03 Å². The van der Waals surface area contributed by atoms with Crippen LogP contribution in [0.25, 0.3) is 11.1 Å². The van der Waals surface area contributed by atoms with Crippen LogP contribution in [0.3, 0.4) is 0 Å². The highest BCUT2D eigenvalue weighted by molar-refractivity contribution is 5.89. The molecule has 3 rings (SSSR count). The van der Waals surface area contributed by atoms with E-state index in [2.05, 4.69) is 47.1 Å². The van der Waals surface area contributed by atoms with E-state index in [1.165, 1.54) is 11.1 Å². The van der Waals surface area contributed by atoms with E-state index in [4.69, 9.17) is 4.74 Å². The van der Waals surface area contributed by atoms with Gasteiger partial charge in [-0.25, -0.2) is 4.79 Å². The average molecular weight is 362 g/mol. The van der Waals surface area contributed by atoms with Gasteiger partial charge in [0, 0.05) is 25.3 Å². The Kier molecular flexibility index (Phi) is 7.25. The zero-order valence-electron chi connectivity index (χ0n) is 14.2. The number of amides is 2. The molecule has 2 aromatic carbocycles. The number of hydrogen-bond donors (Lipinski definition) is 3. The van der Waals surface area contributed by atoms with Gasteiger partial charge in [0.15, 0.2) is 0 Å². The van der Waals surface area contributed by atoms with Gasteiger partial charge in [-0.15, -0.1) is 12.4 Å². The lowest BCUT2D eigenvalue weighted by atomic mass is 10.0. The van der Waals surface area contributed by atoms with E-state index in [1.54, 1.807) is 0 Å². The third-order valence-electron chi connectivity index (χ3n) is 4.02. The highest BCUT2D eigenvalue weighted by Gasteiger charge is 2.14. The maximum absolute atomic E-state index is 11.9. The standard InChI is InChI=1S/C19H23N3O2.ClH/c1-14-2-4-15(5-3-14)16-6-8-17(9-7-16)22-19(23)21-13-18-12-20-10-11-24-18;/h2-9,18,20H,10-13H2,1H3,(H2,21,22,23);1H. The molecule has 1 saturated heterocycles. The summed E-state index contributed by atoms with van der Waals surface area (Å²) in [5, 5.41) is 8.92. The number of carbonyl (C=O) groups is 1. The molecule has 1 aliphatic rings. The lowest BCUT2D eigenvalue weighted by Crippen LogP contribution is -2.45. The smallest absolute Gasteiger partial charge is 0.319 e. The van der Waals surface area contributed by atoms with Crippen molar-refractivity contribution < 1.29 is 9.53 Å². The summed E-state index contributed by atoms with van der Waals surface area (Å²) in [6, 6.07) is 16.0. The molecule has 1 heterocycles. The largest absolute Gasteiger partial charge is 0.374 e. The number of halogens is 1. The van der Waals surface area contributed by atoms with Gasteiger partial charge in [0.25, 0.3) is 0 Å². The molecule has 1 unspecified atom stereocenters. The van der Waals surface area contributed by atoms with Crippen molar-refractivity contribution in [2.75, 3.05) is 31.6 Å². The first-order valence-corrected chi connectivity index (χ1v) is 8.25. The number of anilines is 1. The maximum Gasteiger partial charge on any atom is 0.319 e. The molecule has 0 bridgehead atoms. The Morgan fingerprint density at radius 1 is 1.12 bits per heavy atom. The molecule has 2 aromatic rings. The van der Waals surface area contributed by atoms with Crippen LogP contribution in [0.15, 0.2) is 48.5 Å². The van der Waals surface area contributed by atoms with E-state index < -0.39 is 0 Å². The predicted molar refractivity (Wildman–Crippen MR) is 103 cm³/mol. The summed E-state index contributed by atoms with van der Waals surface area (Å²) >= 11 is 0. The monoisotopic (exact) mass is 361 g/mol. The third kappa shape index (κ3) is 5.74. The second-order valence-corrected chi connectivity index (χ2v) is 5.98. The molecule has 2 amide bonds. The zero-order chi connectivity index (χ0) is 16.8. The van der Waals surface area contributed by atoms with E-state index >= 15 is 0 Å². The lowest BCUT2D eigenvalue weighted by Gasteiger charge is -2.23. The van der Waals surface area contributed by atoms with E-state index in [0.29, 0.717) is 13.2 Å². The van der Waals surface area contributed by atoms with Crippen molar-refractivity contribution in [2.45, 2.75) is 13.0 Å². The van der Waals surface area contributed by atoms with Gasteiger partial charge in [-0.3, -0.25) is 0 Å². The van der Waals surface area contributed by atoms with Crippen LogP contribution in [-0.4, -0.2) is 38.4 Å². The molecule has 1 atom stereocenters. The summed E-state index contributed by atoms with van der Waals surface area (Å²) < 4.78 is 5.55. The Balaban J connectivity index is 0.00000225. The molecule has 0 saturated carbocycles. The second kappa shape index (κ2) is 9.42. The Morgan fingerprint density at radius 3 is 2.36 bits per heavy atom. The van der Waals surface area contributed by atoms with Gasteiger partial charge in [-0.05, 0) is 30.2 Å². The highest BCUT2D eigenvalue weighted by Crippen LogP contribution is 2.21. The summed E-state index contributed by atoms with van der Waals surface area (Å²) in [4.78, 5) is 11.9. The molecule has 0 aliphatic carbocycles. The van der Waals surface area contributed by atoms with Crippen molar-refractivity contribution in [3.05, 3.63) is 54.1 Å². The van der Waals surface area contributed by atoms with E-state index in [1.807, 2.05) is 24.3 Å². The van der Waals surface area contributed by atoms with Crippen LogP contribution in [-0.2, 0) is 4.74 Å². The fraction of sp³-hybridized carbons (Fsp3) is 0.316. The molecule has 0 radical (unpaired) electrons. The average Bonchev–Trinajstić information content (AvgIpc) is 2.62. The number of carbonyl (C=O) groups excluding carboxylic acids is 1. The molecule has 0 spiro atoms. The summed E-state index contributed by atoms with van der Waals surface area (Å²) in [6.45, 7) is 4.90. The van der Waals surface area contributed by atoms with Gasteiger partial charge in [0.1, 0.15) is 0 Å². The first-order chi connectivity index (χ1) is 11.7. The predicted octanol–water partition coefficient (Wildman–Crippen LogP) is 3.19. The number of ether oxygens (including phenoxy) is 1. The maximum atomic E-state index is 11.9. The summed E-state index contributed by atoms with van der Waals surface area (Å²) in [5.41, 5.74) is 4.30. The van der Waals surface area contributed by atoms with Crippen LogP contribution in [0.4, 0.5) is 10.5 Å². The van der Waals surface area contributed by atoms with Gasteiger partial charge < -0.3 is 20.7 Å². The molecule has 25 heavy (non-hydrogen) atoms. The number of aryl methyl sites for hydroxylation is 1. The van der Waals surface area contributed by atoms with Crippen molar-refractivity contribution in [1.82, 2.24) is 10.6 Å². The number of nitrogens with one attached hydrogen (secondary N) is 3. The Bertz CT molecular complexity index is 668. The Labute approximate surface area is 154 Å². The Hall–Kier alpha value is -2.08. The molecule has 1 aliphatic heterocycles. The third-order valence-corrected chi connectivity index (χ3v) is 4.02. The quantitative estimate of drug-likeness (QED) is 0.783. The first-order valence-electron chi connectivity index (χ1n) is 8.25. The minimum atomic E-state index is -0.216. The van der Waals surface area contributed by atoms with Gasteiger partial charge in [-0.1, -0.05) is 42.0 Å². The molecule has 1 fully saturated rings. The molecule has 3 N–H and O–H groups in total. The van der Waals surface area contributed by atoms with Crippen LogP contribution in [0.1, 0.15) is 5.56 Å². The number of morpholine rings is 1. The fourth-order valence-electron chi connectivity index (χ4n) is 2.62. The first kappa shape index (κ1) is 19.2. The van der Waals surface area contributed by atoms with E-state index in [-0.39, 0.29) is 24.5 Å². The number of hydrogen-bond acceptors (Lipinski definition) is 3. The van der Waals surface area contributed by atoms with Crippen molar-refractivity contribution in [2.24, 2.45) is 0 Å². The minimum absolute atomic E-state index is 0. The van der Waals surface area contributed by atoms with Crippen LogP contribution in [0, 0.1) is 6.92 Å². The van der Waals surface area contributed by atoms with Crippen LogP contribution in [0.2, 0.25) is 0 Å². The van der Waals surface area contributed by atoms with E-state index in [9.17, 15) is 4.79 Å². The minimum Gasteiger partial charge on any atom is -0.374 e. The van der Waals surface area contributed by atoms with E-state index in [0.717, 1.165) is 24.3 Å². The molecule has 134 valence electrons. The van der Waals surface area contributed by atoms with Crippen molar-refractivity contribution in [3.8, 4) is 11.1 Å². The van der Waals surface area contributed by atoms with Gasteiger partial charge in [0.05, 0.1) is 12.7 Å². The lowest BCUT2D eigenvalue weighted by molar-refractivity contribution is 0.0310. The summed E-state index contributed by atoms with van der Waals surface area (Å²) in [6.07, 6.45) is 0.0356. The zero-order valence-corrected chi connectivity index (χ0v) is 15.1. The van der Waals surface area contributed by atoms with Crippen molar-refractivity contribution >= 4 is 24.1 Å². The van der Waals surface area contributed by atoms with Crippen LogP contribution in [0.5, 0.6) is 0 Å². The molecule has 6 heteroatoms.